The molecular formula is C40H56N6O7. The molecule has 7 atom stereocenters. The van der Waals surface area contributed by atoms with Crippen LogP contribution in [0.2, 0.25) is 0 Å². The number of Topliss-reactive ketones (excluding diaryl/α,β-unsaturated/α-hetero) is 1. The molecule has 1 aromatic carbocycles. The van der Waals surface area contributed by atoms with Crippen molar-refractivity contribution in [3.8, 4) is 0 Å². The third-order valence-corrected chi connectivity index (χ3v) is 10.3. The van der Waals surface area contributed by atoms with Gasteiger partial charge in [-0.3, -0.25) is 33.6 Å². The van der Waals surface area contributed by atoms with E-state index in [1.165, 1.54) is 23.1 Å². The zero-order valence-corrected chi connectivity index (χ0v) is 32.2. The van der Waals surface area contributed by atoms with Gasteiger partial charge in [0.2, 0.25) is 29.1 Å². The number of hydrogen-bond donors (Lipinski definition) is 5. The molecule has 1 aromatic heterocycles. The van der Waals surface area contributed by atoms with E-state index in [1.807, 2.05) is 58.0 Å². The van der Waals surface area contributed by atoms with E-state index < -0.39 is 81.9 Å². The van der Waals surface area contributed by atoms with Gasteiger partial charge in [-0.1, -0.05) is 97.7 Å². The molecule has 2 unspecified atom stereocenters. The van der Waals surface area contributed by atoms with Crippen LogP contribution in [0.3, 0.4) is 0 Å². The standard InChI is InChI=1S/C40H56N6O7/c1-9-15-27(31(48)36(51)41-23(2)24-16-11-10-12-17-24)43-35(50)30-26-19-13-18-25(26)22-46(30)38(53)33(40(6,7)8)45-37(52)32(39(3,4)5)44-34(49)28-20-14-21-29(47)42-28/h10-12,14,16-17,20-21,23,25-27,30,32-33H,9,13,15,18-19,22H2,1-8H3,(H,41,51)(H,42,47)(H,43,50)(H,44,49)(H,45,52)/t23-,25?,26?,27+,30-,32-,33+/m0/s1. The fourth-order valence-corrected chi connectivity index (χ4v) is 7.44. The van der Waals surface area contributed by atoms with Crippen LogP contribution in [0.5, 0.6) is 0 Å². The number of aromatic amines is 1. The van der Waals surface area contributed by atoms with E-state index in [0.29, 0.717) is 13.0 Å². The Morgan fingerprint density at radius 3 is 2.09 bits per heavy atom. The summed E-state index contributed by atoms with van der Waals surface area (Å²) in [6.07, 6.45) is 3.23. The highest BCUT2D eigenvalue weighted by molar-refractivity contribution is 6.38. The van der Waals surface area contributed by atoms with Crippen molar-refractivity contribution in [3.63, 3.8) is 0 Å². The van der Waals surface area contributed by atoms with Crippen molar-refractivity contribution in [2.24, 2.45) is 22.7 Å². The molecule has 0 radical (unpaired) electrons. The normalized spacial score (nSPS) is 20.7. The SMILES string of the molecule is CCC[C@@H](NC(=O)[C@@H]1C2CCCC2CN1C(=O)[C@@H](NC(=O)[C@H](NC(=O)c1cccc(=O)[nH]1)C(C)(C)C)C(C)(C)C)C(=O)C(=O)N[C@@H](C)c1ccccc1. The quantitative estimate of drug-likeness (QED) is 0.195. The smallest absolute Gasteiger partial charge is 0.290 e. The third-order valence-electron chi connectivity index (χ3n) is 10.3. The number of aromatic nitrogens is 1. The van der Waals surface area contributed by atoms with E-state index in [1.54, 1.807) is 27.7 Å². The van der Waals surface area contributed by atoms with Crippen LogP contribution in [0.1, 0.15) is 110 Å². The molecule has 4 rings (SSSR count). The lowest BCUT2D eigenvalue weighted by Crippen LogP contribution is -2.63. The number of ketones is 1. The number of carbonyl (C=O) groups excluding carboxylic acids is 6. The van der Waals surface area contributed by atoms with Gasteiger partial charge in [-0.15, -0.1) is 0 Å². The van der Waals surface area contributed by atoms with Gasteiger partial charge in [0, 0.05) is 12.6 Å². The summed E-state index contributed by atoms with van der Waals surface area (Å²) in [5, 5.41) is 11.2. The second-order valence-corrected chi connectivity index (χ2v) is 16.6. The molecule has 2 aromatic rings. The number of rotatable bonds is 13. The minimum atomic E-state index is -1.09. The molecule has 13 heteroatoms. The lowest BCUT2D eigenvalue weighted by Gasteiger charge is -2.38. The molecular weight excluding hydrogens is 676 g/mol. The monoisotopic (exact) mass is 732 g/mol. The maximum atomic E-state index is 14.6. The van der Waals surface area contributed by atoms with Crippen LogP contribution in [0.15, 0.2) is 53.3 Å². The molecule has 1 saturated carbocycles. The summed E-state index contributed by atoms with van der Waals surface area (Å²) in [6.45, 7) is 14.7. The Kier molecular flexibility index (Phi) is 13.1. The van der Waals surface area contributed by atoms with Gasteiger partial charge < -0.3 is 31.2 Å². The largest absolute Gasteiger partial charge is 0.344 e. The molecule has 5 N–H and O–H groups in total. The molecule has 2 heterocycles. The Labute approximate surface area is 311 Å². The molecule has 1 aliphatic carbocycles. The summed E-state index contributed by atoms with van der Waals surface area (Å²) in [6, 6.07) is 8.82. The maximum Gasteiger partial charge on any atom is 0.290 e. The Hall–Kier alpha value is -4.81. The number of likely N-dealkylation sites (tertiary alicyclic amines) is 1. The fraction of sp³-hybridized carbons (Fsp3) is 0.575. The van der Waals surface area contributed by atoms with Gasteiger partial charge in [0.25, 0.3) is 11.8 Å². The van der Waals surface area contributed by atoms with Crippen LogP contribution >= 0.6 is 0 Å². The van der Waals surface area contributed by atoms with Crippen LogP contribution < -0.4 is 26.8 Å². The predicted octanol–water partition coefficient (Wildman–Crippen LogP) is 3.41. The molecule has 2 aliphatic rings. The minimum absolute atomic E-state index is 0.0106. The van der Waals surface area contributed by atoms with Crippen LogP contribution in [-0.2, 0) is 24.0 Å². The first-order valence-corrected chi connectivity index (χ1v) is 18.6. The first-order valence-electron chi connectivity index (χ1n) is 18.6. The van der Waals surface area contributed by atoms with Gasteiger partial charge in [-0.2, -0.15) is 0 Å². The van der Waals surface area contributed by atoms with Crippen LogP contribution in [0.4, 0.5) is 0 Å². The van der Waals surface area contributed by atoms with Gasteiger partial charge >= 0.3 is 0 Å². The number of carbonyl (C=O) groups is 6. The number of amides is 5. The molecule has 1 aliphatic heterocycles. The van der Waals surface area contributed by atoms with Gasteiger partial charge in [-0.05, 0) is 60.5 Å². The number of benzene rings is 1. The van der Waals surface area contributed by atoms with Crippen molar-refractivity contribution >= 4 is 35.3 Å². The van der Waals surface area contributed by atoms with Crippen molar-refractivity contribution in [3.05, 3.63) is 70.1 Å². The number of hydrogen-bond acceptors (Lipinski definition) is 7. The Balaban J connectivity index is 1.55. The van der Waals surface area contributed by atoms with Crippen molar-refractivity contribution in [2.45, 2.75) is 118 Å². The van der Waals surface area contributed by atoms with E-state index in [9.17, 15) is 33.6 Å². The molecule has 0 bridgehead atoms. The van der Waals surface area contributed by atoms with E-state index in [0.717, 1.165) is 24.8 Å². The fourth-order valence-electron chi connectivity index (χ4n) is 7.44. The van der Waals surface area contributed by atoms with Gasteiger partial charge in [0.15, 0.2) is 0 Å². The maximum absolute atomic E-state index is 14.6. The number of nitrogens with zero attached hydrogens (tertiary/aromatic N) is 1. The highest BCUT2D eigenvalue weighted by Crippen LogP contribution is 2.43. The summed E-state index contributed by atoms with van der Waals surface area (Å²) in [4.78, 5) is 98.4. The highest BCUT2D eigenvalue weighted by Gasteiger charge is 2.52. The van der Waals surface area contributed by atoms with Gasteiger partial charge in [0.1, 0.15) is 23.8 Å². The lowest BCUT2D eigenvalue weighted by molar-refractivity contribution is -0.146. The molecule has 53 heavy (non-hydrogen) atoms. The first kappa shape index (κ1) is 41.0. The average molecular weight is 733 g/mol. The summed E-state index contributed by atoms with van der Waals surface area (Å²) in [5.41, 5.74) is -1.24. The van der Waals surface area contributed by atoms with Crippen molar-refractivity contribution in [1.82, 2.24) is 31.2 Å². The third kappa shape index (κ3) is 10.00. The summed E-state index contributed by atoms with van der Waals surface area (Å²) in [7, 11) is 0. The second-order valence-electron chi connectivity index (χ2n) is 16.6. The number of H-pyrrole nitrogens is 1. The van der Waals surface area contributed by atoms with Crippen molar-refractivity contribution in [1.29, 1.82) is 0 Å². The van der Waals surface area contributed by atoms with Crippen molar-refractivity contribution < 1.29 is 28.8 Å². The number of pyridine rings is 1. The molecule has 288 valence electrons. The van der Waals surface area contributed by atoms with Gasteiger partial charge in [-0.25, -0.2) is 0 Å². The average Bonchev–Trinajstić information content (AvgIpc) is 3.70. The Morgan fingerprint density at radius 2 is 1.49 bits per heavy atom. The number of nitrogens with one attached hydrogen (secondary N) is 5. The zero-order chi connectivity index (χ0) is 39.2. The zero-order valence-electron chi connectivity index (χ0n) is 32.2. The topological polar surface area (TPSA) is 187 Å². The molecule has 0 spiro atoms. The summed E-state index contributed by atoms with van der Waals surface area (Å²) < 4.78 is 0. The number of fused-ring (bicyclic) bond motifs is 1. The van der Waals surface area contributed by atoms with Crippen molar-refractivity contribution in [2.75, 3.05) is 6.54 Å². The summed E-state index contributed by atoms with van der Waals surface area (Å²) >= 11 is 0. The van der Waals surface area contributed by atoms with E-state index in [4.69, 9.17) is 0 Å². The van der Waals surface area contributed by atoms with Crippen LogP contribution in [0, 0.1) is 22.7 Å². The van der Waals surface area contributed by atoms with E-state index >= 15 is 0 Å². The second kappa shape index (κ2) is 16.9. The molecule has 5 amide bonds. The summed E-state index contributed by atoms with van der Waals surface area (Å²) in [5.74, 6) is -3.82. The van der Waals surface area contributed by atoms with E-state index in [2.05, 4.69) is 26.3 Å². The molecule has 2 fully saturated rings. The lowest BCUT2D eigenvalue weighted by atomic mass is 9.82. The highest BCUT2D eigenvalue weighted by atomic mass is 16.2. The molecule has 13 nitrogen and oxygen atoms in total. The predicted molar refractivity (Wildman–Crippen MR) is 200 cm³/mol. The molecule has 1 saturated heterocycles. The Bertz CT molecular complexity index is 1730. The van der Waals surface area contributed by atoms with Crippen LogP contribution in [-0.4, -0.2) is 75.9 Å². The van der Waals surface area contributed by atoms with Crippen LogP contribution in [0.25, 0.3) is 0 Å². The van der Waals surface area contributed by atoms with Gasteiger partial charge in [0.05, 0.1) is 12.1 Å². The Morgan fingerprint density at radius 1 is 0.830 bits per heavy atom. The first-order chi connectivity index (χ1) is 24.8. The minimum Gasteiger partial charge on any atom is -0.344 e. The van der Waals surface area contributed by atoms with E-state index in [-0.39, 0.29) is 24.0 Å².